The molecular weight excluding hydrogens is 442 g/mol. The number of Topliss-reactive ketones (excluding diaryl/α,β-unsaturated/α-hetero) is 1. The highest BCUT2D eigenvalue weighted by atomic mass is 32.2. The second kappa shape index (κ2) is 10.3. The fourth-order valence-electron chi connectivity index (χ4n) is 3.31. The van der Waals surface area contributed by atoms with Crippen molar-refractivity contribution < 1.29 is 23.4 Å². The average molecular weight is 466 g/mol. The van der Waals surface area contributed by atoms with Gasteiger partial charge in [0.2, 0.25) is 0 Å². The van der Waals surface area contributed by atoms with E-state index in [2.05, 4.69) is 10.2 Å². The fourth-order valence-corrected chi connectivity index (χ4v) is 4.13. The standard InChI is InChI=1S/C24H23N3O5S/c1-29-17-7-4-6-16(12-17)23-25-26-24(27(23)14-19-8-5-11-32-19)33-15-21(28)20-10-9-18(30-2)13-22(20)31-3/h4-13H,14-15H2,1-3H3. The first kappa shape index (κ1) is 22.5. The largest absolute Gasteiger partial charge is 0.497 e. The van der Waals surface area contributed by atoms with Crippen molar-refractivity contribution in [3.05, 3.63) is 72.2 Å². The van der Waals surface area contributed by atoms with Crippen LogP contribution in [0.15, 0.2) is 70.4 Å². The number of rotatable bonds is 10. The van der Waals surface area contributed by atoms with Gasteiger partial charge >= 0.3 is 0 Å². The van der Waals surface area contributed by atoms with Crippen LogP contribution < -0.4 is 14.2 Å². The number of carbonyl (C=O) groups is 1. The smallest absolute Gasteiger partial charge is 0.192 e. The molecule has 0 spiro atoms. The maximum atomic E-state index is 13.0. The molecule has 0 N–H and O–H groups in total. The van der Waals surface area contributed by atoms with Crippen LogP contribution in [0.1, 0.15) is 16.1 Å². The third-order valence-electron chi connectivity index (χ3n) is 4.98. The Balaban J connectivity index is 1.61. The van der Waals surface area contributed by atoms with Crippen LogP contribution in [0.3, 0.4) is 0 Å². The van der Waals surface area contributed by atoms with E-state index in [9.17, 15) is 4.79 Å². The van der Waals surface area contributed by atoms with Gasteiger partial charge < -0.3 is 18.6 Å². The lowest BCUT2D eigenvalue weighted by Crippen LogP contribution is -2.08. The van der Waals surface area contributed by atoms with E-state index in [0.29, 0.717) is 34.6 Å². The Morgan fingerprint density at radius 1 is 0.970 bits per heavy atom. The molecule has 0 atom stereocenters. The summed E-state index contributed by atoms with van der Waals surface area (Å²) in [7, 11) is 4.71. The van der Waals surface area contributed by atoms with Crippen LogP contribution in [-0.4, -0.2) is 47.6 Å². The summed E-state index contributed by atoms with van der Waals surface area (Å²) < 4.78 is 23.4. The van der Waals surface area contributed by atoms with Crippen LogP contribution in [0.5, 0.6) is 17.2 Å². The third kappa shape index (κ3) is 5.04. The third-order valence-corrected chi connectivity index (χ3v) is 5.95. The zero-order valence-corrected chi connectivity index (χ0v) is 19.3. The number of nitrogens with zero attached hydrogens (tertiary/aromatic N) is 3. The quantitative estimate of drug-likeness (QED) is 0.248. The number of hydrogen-bond acceptors (Lipinski definition) is 8. The van der Waals surface area contributed by atoms with Crippen molar-refractivity contribution in [2.24, 2.45) is 0 Å². The fraction of sp³-hybridized carbons (Fsp3) is 0.208. The van der Waals surface area contributed by atoms with E-state index in [-0.39, 0.29) is 11.5 Å². The monoisotopic (exact) mass is 465 g/mol. The summed E-state index contributed by atoms with van der Waals surface area (Å²) in [6, 6.07) is 16.4. The lowest BCUT2D eigenvalue weighted by Gasteiger charge is -2.11. The molecule has 9 heteroatoms. The first-order valence-electron chi connectivity index (χ1n) is 10.1. The number of carbonyl (C=O) groups excluding carboxylic acids is 1. The Morgan fingerprint density at radius 2 is 1.79 bits per heavy atom. The van der Waals surface area contributed by atoms with Crippen molar-refractivity contribution >= 4 is 17.5 Å². The van der Waals surface area contributed by atoms with Gasteiger partial charge in [0, 0.05) is 11.6 Å². The molecule has 0 radical (unpaired) electrons. The molecule has 0 saturated carbocycles. The molecule has 0 aliphatic heterocycles. The minimum Gasteiger partial charge on any atom is -0.497 e. The van der Waals surface area contributed by atoms with Gasteiger partial charge in [0.1, 0.15) is 23.0 Å². The van der Waals surface area contributed by atoms with Crippen molar-refractivity contribution in [2.75, 3.05) is 27.1 Å². The molecule has 2 heterocycles. The van der Waals surface area contributed by atoms with Gasteiger partial charge in [0.05, 0.1) is 45.5 Å². The Bertz CT molecular complexity index is 1240. The average Bonchev–Trinajstić information content (AvgIpc) is 3.52. The Labute approximate surface area is 195 Å². The number of thioether (sulfide) groups is 1. The van der Waals surface area contributed by atoms with E-state index in [4.69, 9.17) is 18.6 Å². The summed E-state index contributed by atoms with van der Waals surface area (Å²) >= 11 is 1.31. The first-order chi connectivity index (χ1) is 16.1. The highest BCUT2D eigenvalue weighted by Gasteiger charge is 2.19. The highest BCUT2D eigenvalue weighted by Crippen LogP contribution is 2.30. The molecule has 0 saturated heterocycles. The minimum absolute atomic E-state index is 0.0880. The predicted molar refractivity (Wildman–Crippen MR) is 124 cm³/mol. The molecular formula is C24H23N3O5S. The molecule has 2 aromatic carbocycles. The van der Waals surface area contributed by atoms with Gasteiger partial charge in [0.25, 0.3) is 0 Å². The van der Waals surface area contributed by atoms with Crippen molar-refractivity contribution in [1.29, 1.82) is 0 Å². The summed E-state index contributed by atoms with van der Waals surface area (Å²) in [4.78, 5) is 13.0. The van der Waals surface area contributed by atoms with Gasteiger partial charge in [-0.05, 0) is 36.4 Å². The normalized spacial score (nSPS) is 10.8. The van der Waals surface area contributed by atoms with Crippen LogP contribution in [0.2, 0.25) is 0 Å². The maximum Gasteiger partial charge on any atom is 0.192 e. The minimum atomic E-state index is -0.0880. The van der Waals surface area contributed by atoms with Gasteiger partial charge in [-0.2, -0.15) is 0 Å². The van der Waals surface area contributed by atoms with Crippen LogP contribution >= 0.6 is 11.8 Å². The molecule has 0 amide bonds. The summed E-state index contributed by atoms with van der Waals surface area (Å²) in [5, 5.41) is 9.35. The Hall–Kier alpha value is -3.72. The number of ether oxygens (including phenoxy) is 3. The number of ketones is 1. The SMILES string of the molecule is COc1cccc(-c2nnc(SCC(=O)c3ccc(OC)cc3OC)n2Cc2ccco2)c1. The molecule has 8 nitrogen and oxygen atoms in total. The Kier molecular flexibility index (Phi) is 6.99. The van der Waals surface area contributed by atoms with E-state index in [1.54, 1.807) is 38.7 Å². The van der Waals surface area contributed by atoms with Gasteiger partial charge in [-0.15, -0.1) is 10.2 Å². The zero-order valence-electron chi connectivity index (χ0n) is 18.5. The zero-order chi connectivity index (χ0) is 23.2. The summed E-state index contributed by atoms with van der Waals surface area (Å²) in [6.45, 7) is 0.426. The topological polar surface area (TPSA) is 88.6 Å². The van der Waals surface area contributed by atoms with E-state index in [1.807, 2.05) is 41.0 Å². The molecule has 4 rings (SSSR count). The molecule has 0 bridgehead atoms. The van der Waals surface area contributed by atoms with E-state index >= 15 is 0 Å². The second-order valence-electron chi connectivity index (χ2n) is 6.98. The number of methoxy groups -OCH3 is 3. The van der Waals surface area contributed by atoms with Crippen molar-refractivity contribution in [2.45, 2.75) is 11.7 Å². The number of benzene rings is 2. The van der Waals surface area contributed by atoms with Gasteiger partial charge in [0.15, 0.2) is 16.8 Å². The molecule has 170 valence electrons. The van der Waals surface area contributed by atoms with E-state index in [0.717, 1.165) is 17.1 Å². The van der Waals surface area contributed by atoms with Gasteiger partial charge in [-0.25, -0.2) is 0 Å². The first-order valence-corrected chi connectivity index (χ1v) is 11.1. The van der Waals surface area contributed by atoms with E-state index < -0.39 is 0 Å². The second-order valence-corrected chi connectivity index (χ2v) is 7.92. The molecule has 0 aliphatic carbocycles. The summed E-state index contributed by atoms with van der Waals surface area (Å²) in [5.41, 5.74) is 1.33. The maximum absolute atomic E-state index is 13.0. The number of aromatic nitrogens is 3. The molecule has 0 fully saturated rings. The summed E-state index contributed by atoms with van der Waals surface area (Å²) in [5.74, 6) is 3.29. The van der Waals surface area contributed by atoms with Crippen LogP contribution in [-0.2, 0) is 6.54 Å². The lowest BCUT2D eigenvalue weighted by atomic mass is 10.1. The van der Waals surface area contributed by atoms with E-state index in [1.165, 1.54) is 18.9 Å². The molecule has 0 unspecified atom stereocenters. The van der Waals surface area contributed by atoms with Crippen molar-refractivity contribution in [3.8, 4) is 28.6 Å². The lowest BCUT2D eigenvalue weighted by molar-refractivity contribution is 0.101. The predicted octanol–water partition coefficient (Wildman–Crippen LogP) is 4.59. The van der Waals surface area contributed by atoms with Crippen LogP contribution in [0, 0.1) is 0 Å². The number of furan rings is 1. The molecule has 33 heavy (non-hydrogen) atoms. The molecule has 2 aromatic heterocycles. The van der Waals surface area contributed by atoms with Gasteiger partial charge in [-0.3, -0.25) is 9.36 Å². The van der Waals surface area contributed by atoms with Crippen molar-refractivity contribution in [1.82, 2.24) is 14.8 Å². The van der Waals surface area contributed by atoms with Crippen LogP contribution in [0.25, 0.3) is 11.4 Å². The number of hydrogen-bond donors (Lipinski definition) is 0. The van der Waals surface area contributed by atoms with Crippen LogP contribution in [0.4, 0.5) is 0 Å². The molecule has 0 aliphatic rings. The van der Waals surface area contributed by atoms with Crippen molar-refractivity contribution in [3.63, 3.8) is 0 Å². The highest BCUT2D eigenvalue weighted by molar-refractivity contribution is 7.99. The molecule has 4 aromatic rings. The van der Waals surface area contributed by atoms with Gasteiger partial charge in [-0.1, -0.05) is 23.9 Å². The summed E-state index contributed by atoms with van der Waals surface area (Å²) in [6.07, 6.45) is 1.62. The Morgan fingerprint density at radius 3 is 2.52 bits per heavy atom.